The van der Waals surface area contributed by atoms with Crippen molar-refractivity contribution in [2.24, 2.45) is 5.14 Å². The van der Waals surface area contributed by atoms with Gasteiger partial charge in [0.15, 0.2) is 0 Å². The minimum Gasteiger partial charge on any atom is -0.379 e. The Bertz CT molecular complexity index is 700. The molecular weight excluding hydrogens is 372 g/mol. The molecule has 0 spiro atoms. The fraction of sp³-hybridized carbons (Fsp3) is 0.0909. The molecular formula is C11H10BrClN2O2S2. The van der Waals surface area contributed by atoms with Gasteiger partial charge in [-0.15, -0.1) is 11.3 Å². The minimum atomic E-state index is -3.68. The average molecular weight is 382 g/mol. The SMILES string of the molecule is NS(=O)(=O)c1ccc(NCc2cc(Cl)cs2)c(Br)c1. The summed E-state index contributed by atoms with van der Waals surface area (Å²) < 4.78 is 23.0. The Hall–Kier alpha value is -0.600. The van der Waals surface area contributed by atoms with Crippen molar-refractivity contribution in [3.05, 3.63) is 44.0 Å². The molecule has 1 heterocycles. The molecule has 2 rings (SSSR count). The summed E-state index contributed by atoms with van der Waals surface area (Å²) in [6, 6.07) is 6.48. The maximum atomic E-state index is 11.2. The van der Waals surface area contributed by atoms with Crippen LogP contribution in [-0.2, 0) is 16.6 Å². The average Bonchev–Trinajstić information content (AvgIpc) is 2.72. The number of primary sulfonamides is 1. The molecule has 1 aromatic carbocycles. The number of anilines is 1. The first kappa shape index (κ1) is 14.8. The molecule has 0 aliphatic heterocycles. The Morgan fingerprint density at radius 1 is 1.37 bits per heavy atom. The van der Waals surface area contributed by atoms with E-state index in [-0.39, 0.29) is 4.90 Å². The summed E-state index contributed by atoms with van der Waals surface area (Å²) in [5.41, 5.74) is 0.789. The standard InChI is InChI=1S/C11H10BrClN2O2S2/c12-10-4-9(19(14,16)17)1-2-11(10)15-5-8-3-7(13)6-18-8/h1-4,6,15H,5H2,(H2,14,16,17). The third kappa shape index (κ3) is 3.93. The largest absolute Gasteiger partial charge is 0.379 e. The van der Waals surface area contributed by atoms with Crippen LogP contribution in [0.1, 0.15) is 4.88 Å². The number of rotatable bonds is 4. The first-order chi connectivity index (χ1) is 8.86. The van der Waals surface area contributed by atoms with Gasteiger partial charge in [-0.2, -0.15) is 0 Å². The molecule has 0 aliphatic carbocycles. The first-order valence-corrected chi connectivity index (χ1v) is 8.75. The highest BCUT2D eigenvalue weighted by Crippen LogP contribution is 2.27. The Labute approximate surface area is 128 Å². The molecule has 102 valence electrons. The summed E-state index contributed by atoms with van der Waals surface area (Å²) in [6.45, 7) is 0.616. The van der Waals surface area contributed by atoms with Crippen LogP contribution in [-0.4, -0.2) is 8.42 Å². The van der Waals surface area contributed by atoms with Gasteiger partial charge in [-0.05, 0) is 40.2 Å². The molecule has 0 fully saturated rings. The number of sulfonamides is 1. The zero-order valence-electron chi connectivity index (χ0n) is 9.56. The number of benzene rings is 1. The van der Waals surface area contributed by atoms with Gasteiger partial charge in [0.25, 0.3) is 0 Å². The van der Waals surface area contributed by atoms with Crippen LogP contribution in [0.2, 0.25) is 5.02 Å². The Balaban J connectivity index is 2.14. The van der Waals surface area contributed by atoms with Crippen LogP contribution >= 0.6 is 38.9 Å². The number of thiophene rings is 1. The van der Waals surface area contributed by atoms with Crippen molar-refractivity contribution in [3.63, 3.8) is 0 Å². The summed E-state index contributed by atoms with van der Waals surface area (Å²) in [6.07, 6.45) is 0. The highest BCUT2D eigenvalue weighted by molar-refractivity contribution is 9.10. The van der Waals surface area contributed by atoms with E-state index in [2.05, 4.69) is 21.2 Å². The number of halogens is 2. The van der Waals surface area contributed by atoms with E-state index < -0.39 is 10.0 Å². The van der Waals surface area contributed by atoms with Crippen molar-refractivity contribution in [1.29, 1.82) is 0 Å². The van der Waals surface area contributed by atoms with Gasteiger partial charge >= 0.3 is 0 Å². The molecule has 0 aliphatic rings. The van der Waals surface area contributed by atoms with Crippen LogP contribution in [0.3, 0.4) is 0 Å². The van der Waals surface area contributed by atoms with Gasteiger partial charge < -0.3 is 5.32 Å². The molecule has 3 N–H and O–H groups in total. The van der Waals surface area contributed by atoms with Gasteiger partial charge in [0, 0.05) is 27.0 Å². The molecule has 0 amide bonds. The lowest BCUT2D eigenvalue weighted by Gasteiger charge is -2.08. The summed E-state index contributed by atoms with van der Waals surface area (Å²) in [5.74, 6) is 0. The van der Waals surface area contributed by atoms with Crippen molar-refractivity contribution in [1.82, 2.24) is 0 Å². The quantitative estimate of drug-likeness (QED) is 0.852. The Morgan fingerprint density at radius 2 is 2.11 bits per heavy atom. The molecule has 19 heavy (non-hydrogen) atoms. The van der Waals surface area contributed by atoms with E-state index in [1.807, 2.05) is 11.4 Å². The van der Waals surface area contributed by atoms with Gasteiger partial charge in [-0.1, -0.05) is 11.6 Å². The minimum absolute atomic E-state index is 0.0732. The van der Waals surface area contributed by atoms with Crippen molar-refractivity contribution in [2.45, 2.75) is 11.4 Å². The van der Waals surface area contributed by atoms with Crippen LogP contribution < -0.4 is 10.5 Å². The second-order valence-corrected chi connectivity index (χ2v) is 7.62. The molecule has 0 bridgehead atoms. The molecule has 0 saturated carbocycles. The van der Waals surface area contributed by atoms with Crippen molar-refractivity contribution in [3.8, 4) is 0 Å². The molecule has 0 unspecified atom stereocenters. The van der Waals surface area contributed by atoms with Crippen molar-refractivity contribution in [2.75, 3.05) is 5.32 Å². The summed E-state index contributed by atoms with van der Waals surface area (Å²) in [4.78, 5) is 1.16. The molecule has 1 aromatic heterocycles. The molecule has 0 atom stereocenters. The monoisotopic (exact) mass is 380 g/mol. The zero-order chi connectivity index (χ0) is 14.0. The van der Waals surface area contributed by atoms with Gasteiger partial charge in [0.1, 0.15) is 0 Å². The number of hydrogen-bond donors (Lipinski definition) is 2. The van der Waals surface area contributed by atoms with Gasteiger partial charge in [0.05, 0.1) is 9.92 Å². The number of nitrogens with two attached hydrogens (primary N) is 1. The second-order valence-electron chi connectivity index (χ2n) is 3.77. The number of hydrogen-bond acceptors (Lipinski definition) is 4. The van der Waals surface area contributed by atoms with Crippen LogP contribution in [0.25, 0.3) is 0 Å². The van der Waals surface area contributed by atoms with Crippen LogP contribution in [0.5, 0.6) is 0 Å². The summed E-state index contributed by atoms with van der Waals surface area (Å²) >= 11 is 10.7. The van der Waals surface area contributed by atoms with Gasteiger partial charge in [-0.25, -0.2) is 13.6 Å². The second kappa shape index (κ2) is 5.80. The maximum Gasteiger partial charge on any atom is 0.238 e. The van der Waals surface area contributed by atoms with E-state index in [1.54, 1.807) is 17.4 Å². The molecule has 0 radical (unpaired) electrons. The molecule has 2 aromatic rings. The van der Waals surface area contributed by atoms with E-state index in [0.29, 0.717) is 16.0 Å². The van der Waals surface area contributed by atoms with E-state index in [4.69, 9.17) is 16.7 Å². The predicted molar refractivity (Wildman–Crippen MR) is 82.2 cm³/mol. The van der Waals surface area contributed by atoms with E-state index in [9.17, 15) is 8.42 Å². The topological polar surface area (TPSA) is 72.2 Å². The van der Waals surface area contributed by atoms with E-state index in [0.717, 1.165) is 10.6 Å². The van der Waals surface area contributed by atoms with Crippen LogP contribution in [0, 0.1) is 0 Å². The zero-order valence-corrected chi connectivity index (χ0v) is 13.5. The van der Waals surface area contributed by atoms with Crippen molar-refractivity contribution < 1.29 is 8.42 Å². The smallest absolute Gasteiger partial charge is 0.238 e. The lowest BCUT2D eigenvalue weighted by atomic mass is 10.3. The van der Waals surface area contributed by atoms with Gasteiger partial charge in [-0.3, -0.25) is 0 Å². The predicted octanol–water partition coefficient (Wildman–Crippen LogP) is 3.42. The lowest BCUT2D eigenvalue weighted by Crippen LogP contribution is -2.12. The summed E-state index contributed by atoms with van der Waals surface area (Å²) in [5, 5.41) is 10.8. The van der Waals surface area contributed by atoms with Crippen LogP contribution in [0.15, 0.2) is 39.0 Å². The highest BCUT2D eigenvalue weighted by atomic mass is 79.9. The molecule has 0 saturated heterocycles. The lowest BCUT2D eigenvalue weighted by molar-refractivity contribution is 0.598. The maximum absolute atomic E-state index is 11.2. The van der Waals surface area contributed by atoms with E-state index in [1.165, 1.54) is 12.1 Å². The fourth-order valence-corrected chi connectivity index (χ4v) is 3.67. The third-order valence-corrected chi connectivity index (χ3v) is 5.20. The molecule has 4 nitrogen and oxygen atoms in total. The first-order valence-electron chi connectivity index (χ1n) is 5.15. The van der Waals surface area contributed by atoms with E-state index >= 15 is 0 Å². The third-order valence-electron chi connectivity index (χ3n) is 2.34. The summed E-state index contributed by atoms with van der Waals surface area (Å²) in [7, 11) is -3.68. The normalized spacial score (nSPS) is 11.5. The molecule has 8 heteroatoms. The Kier molecular flexibility index (Phi) is 4.52. The number of nitrogens with one attached hydrogen (secondary N) is 1. The highest BCUT2D eigenvalue weighted by Gasteiger charge is 2.10. The van der Waals surface area contributed by atoms with Gasteiger partial charge in [0.2, 0.25) is 10.0 Å². The fourth-order valence-electron chi connectivity index (χ4n) is 1.45. The Morgan fingerprint density at radius 3 is 2.63 bits per heavy atom. The van der Waals surface area contributed by atoms with Crippen molar-refractivity contribution >= 4 is 54.6 Å². The van der Waals surface area contributed by atoms with Crippen LogP contribution in [0.4, 0.5) is 5.69 Å².